The van der Waals surface area contributed by atoms with Gasteiger partial charge in [-0.1, -0.05) is 19.9 Å². The van der Waals surface area contributed by atoms with Crippen LogP contribution in [-0.2, 0) is 9.59 Å². The van der Waals surface area contributed by atoms with Gasteiger partial charge in [0.05, 0.1) is 5.92 Å². The smallest absolute Gasteiger partial charge is 0.229 e. The van der Waals surface area contributed by atoms with Gasteiger partial charge in [-0.25, -0.2) is 0 Å². The van der Waals surface area contributed by atoms with Crippen molar-refractivity contribution in [3.8, 4) is 0 Å². The van der Waals surface area contributed by atoms with Gasteiger partial charge in [-0.2, -0.15) is 0 Å². The first-order valence-corrected chi connectivity index (χ1v) is 7.43. The maximum atomic E-state index is 12.3. The molecule has 0 saturated carbocycles. The van der Waals surface area contributed by atoms with Crippen LogP contribution in [0.15, 0.2) is 18.2 Å². The van der Waals surface area contributed by atoms with Gasteiger partial charge in [0.1, 0.15) is 0 Å². The lowest BCUT2D eigenvalue weighted by Crippen LogP contribution is -2.28. The van der Waals surface area contributed by atoms with Crippen molar-refractivity contribution in [1.29, 1.82) is 0 Å². The van der Waals surface area contributed by atoms with Crippen LogP contribution in [0.5, 0.6) is 0 Å². The fraction of sp³-hybridized carbons (Fsp3) is 0.500. The topological polar surface area (TPSA) is 70.2 Å². The molecule has 114 valence electrons. The molecule has 3 N–H and O–H groups in total. The van der Waals surface area contributed by atoms with E-state index in [0.717, 1.165) is 24.3 Å². The zero-order chi connectivity index (χ0) is 15.4. The van der Waals surface area contributed by atoms with Gasteiger partial charge in [0.2, 0.25) is 11.8 Å². The number of carbonyl (C=O) groups is 2. The lowest BCUT2D eigenvalue weighted by molar-refractivity contribution is -0.120. The average molecular weight is 289 g/mol. The maximum absolute atomic E-state index is 12.3. The van der Waals surface area contributed by atoms with Gasteiger partial charge in [-0.15, -0.1) is 0 Å². The molecule has 1 fully saturated rings. The van der Waals surface area contributed by atoms with Crippen LogP contribution in [-0.4, -0.2) is 24.9 Å². The van der Waals surface area contributed by atoms with E-state index in [9.17, 15) is 9.59 Å². The molecule has 0 spiro atoms. The number of rotatable bonds is 4. The Kier molecular flexibility index (Phi) is 4.96. The van der Waals surface area contributed by atoms with E-state index in [2.05, 4.69) is 22.9 Å². The van der Waals surface area contributed by atoms with Crippen molar-refractivity contribution in [2.45, 2.75) is 27.2 Å². The molecule has 1 heterocycles. The number of carbonyl (C=O) groups excluding carboxylic acids is 2. The molecule has 0 aromatic heterocycles. The molecular weight excluding hydrogens is 266 g/mol. The highest BCUT2D eigenvalue weighted by atomic mass is 16.2. The first-order chi connectivity index (χ1) is 10.0. The number of amides is 2. The molecule has 5 heteroatoms. The predicted octanol–water partition coefficient (Wildman–Crippen LogP) is 2.14. The van der Waals surface area contributed by atoms with Crippen LogP contribution in [0.3, 0.4) is 0 Å². The standard InChI is InChI=1S/C16H23N3O2/c1-4-15(20)18-12-6-5-10(2)14(7-12)19-16(21)13-9-17-8-11(13)3/h5-7,11,13,17H,4,8-9H2,1-3H3,(H,18,20)(H,19,21). The first-order valence-electron chi connectivity index (χ1n) is 7.43. The van der Waals surface area contributed by atoms with Gasteiger partial charge >= 0.3 is 0 Å². The molecule has 5 nitrogen and oxygen atoms in total. The predicted molar refractivity (Wildman–Crippen MR) is 84.3 cm³/mol. The fourth-order valence-corrected chi connectivity index (χ4v) is 2.47. The van der Waals surface area contributed by atoms with Crippen molar-refractivity contribution in [3.05, 3.63) is 23.8 Å². The van der Waals surface area contributed by atoms with Crippen LogP contribution in [0.4, 0.5) is 11.4 Å². The Hall–Kier alpha value is -1.88. The minimum absolute atomic E-state index is 0.00158. The second kappa shape index (κ2) is 6.72. The van der Waals surface area contributed by atoms with Gasteiger partial charge in [-0.05, 0) is 37.1 Å². The Bertz CT molecular complexity index is 542. The highest BCUT2D eigenvalue weighted by Gasteiger charge is 2.29. The Balaban J connectivity index is 2.09. The van der Waals surface area contributed by atoms with E-state index in [1.807, 2.05) is 25.1 Å². The number of hydrogen-bond donors (Lipinski definition) is 3. The highest BCUT2D eigenvalue weighted by Crippen LogP contribution is 2.23. The maximum Gasteiger partial charge on any atom is 0.229 e. The molecule has 0 bridgehead atoms. The number of nitrogens with one attached hydrogen (secondary N) is 3. The molecule has 1 aliphatic rings. The Morgan fingerprint density at radius 2 is 2.05 bits per heavy atom. The number of hydrogen-bond acceptors (Lipinski definition) is 3. The van der Waals surface area contributed by atoms with Gasteiger partial charge in [-0.3, -0.25) is 9.59 Å². The van der Waals surface area contributed by atoms with E-state index in [4.69, 9.17) is 0 Å². The van der Waals surface area contributed by atoms with Gasteiger partial charge in [0.25, 0.3) is 0 Å². The van der Waals surface area contributed by atoms with Crippen LogP contribution in [0, 0.1) is 18.8 Å². The van der Waals surface area contributed by atoms with Crippen molar-refractivity contribution in [2.24, 2.45) is 11.8 Å². The molecule has 2 rings (SSSR count). The van der Waals surface area contributed by atoms with Crippen LogP contribution in [0.1, 0.15) is 25.8 Å². The van der Waals surface area contributed by atoms with Crippen molar-refractivity contribution in [1.82, 2.24) is 5.32 Å². The molecule has 2 unspecified atom stereocenters. The summed E-state index contributed by atoms with van der Waals surface area (Å²) in [6.45, 7) is 7.43. The summed E-state index contributed by atoms with van der Waals surface area (Å²) in [5.41, 5.74) is 2.45. The third-order valence-electron chi connectivity index (χ3n) is 3.95. The number of benzene rings is 1. The minimum Gasteiger partial charge on any atom is -0.326 e. The second-order valence-corrected chi connectivity index (χ2v) is 5.66. The molecule has 0 aliphatic carbocycles. The van der Waals surface area contributed by atoms with E-state index < -0.39 is 0 Å². The third kappa shape index (κ3) is 3.82. The van der Waals surface area contributed by atoms with E-state index in [0.29, 0.717) is 18.0 Å². The second-order valence-electron chi connectivity index (χ2n) is 5.66. The van der Waals surface area contributed by atoms with E-state index in [1.54, 1.807) is 6.92 Å². The Morgan fingerprint density at radius 1 is 1.29 bits per heavy atom. The zero-order valence-corrected chi connectivity index (χ0v) is 12.8. The van der Waals surface area contributed by atoms with E-state index >= 15 is 0 Å². The zero-order valence-electron chi connectivity index (χ0n) is 12.8. The largest absolute Gasteiger partial charge is 0.326 e. The normalized spacial score (nSPS) is 21.1. The van der Waals surface area contributed by atoms with Crippen molar-refractivity contribution in [3.63, 3.8) is 0 Å². The third-order valence-corrected chi connectivity index (χ3v) is 3.95. The van der Waals surface area contributed by atoms with E-state index in [1.165, 1.54) is 0 Å². The van der Waals surface area contributed by atoms with Gasteiger partial charge in [0.15, 0.2) is 0 Å². The molecule has 1 aromatic carbocycles. The monoisotopic (exact) mass is 289 g/mol. The summed E-state index contributed by atoms with van der Waals surface area (Å²) in [7, 11) is 0. The van der Waals surface area contributed by atoms with Crippen molar-refractivity contribution < 1.29 is 9.59 Å². The molecule has 21 heavy (non-hydrogen) atoms. The molecule has 2 atom stereocenters. The minimum atomic E-state index is -0.0373. The first kappa shape index (κ1) is 15.5. The fourth-order valence-electron chi connectivity index (χ4n) is 2.47. The highest BCUT2D eigenvalue weighted by molar-refractivity contribution is 5.96. The Labute approximate surface area is 125 Å². The van der Waals surface area contributed by atoms with Crippen molar-refractivity contribution in [2.75, 3.05) is 23.7 Å². The van der Waals surface area contributed by atoms with Gasteiger partial charge in [0, 0.05) is 24.3 Å². The summed E-state index contributed by atoms with van der Waals surface area (Å²) in [5, 5.41) is 9.02. The van der Waals surface area contributed by atoms with Crippen LogP contribution < -0.4 is 16.0 Å². The van der Waals surface area contributed by atoms with E-state index in [-0.39, 0.29) is 17.7 Å². The lowest BCUT2D eigenvalue weighted by atomic mass is 9.97. The molecule has 1 aliphatic heterocycles. The van der Waals surface area contributed by atoms with Crippen LogP contribution >= 0.6 is 0 Å². The quantitative estimate of drug-likeness (QED) is 0.795. The number of anilines is 2. The number of aryl methyl sites for hydroxylation is 1. The molecule has 1 aromatic rings. The SMILES string of the molecule is CCC(=O)Nc1ccc(C)c(NC(=O)C2CNCC2C)c1. The summed E-state index contributed by atoms with van der Waals surface area (Å²) >= 11 is 0. The average Bonchev–Trinajstić information content (AvgIpc) is 2.88. The molecule has 2 amide bonds. The summed E-state index contributed by atoms with van der Waals surface area (Å²) in [4.78, 5) is 23.8. The molecule has 1 saturated heterocycles. The summed E-state index contributed by atoms with van der Waals surface area (Å²) in [6, 6.07) is 5.56. The Morgan fingerprint density at radius 3 is 2.67 bits per heavy atom. The summed E-state index contributed by atoms with van der Waals surface area (Å²) in [6.07, 6.45) is 0.431. The van der Waals surface area contributed by atoms with Crippen molar-refractivity contribution >= 4 is 23.2 Å². The molecule has 0 radical (unpaired) electrons. The summed E-state index contributed by atoms with van der Waals surface area (Å²) in [5.74, 6) is 0.339. The molecular formula is C16H23N3O2. The summed E-state index contributed by atoms with van der Waals surface area (Å²) < 4.78 is 0. The van der Waals surface area contributed by atoms with Gasteiger partial charge < -0.3 is 16.0 Å². The van der Waals surface area contributed by atoms with Crippen LogP contribution in [0.25, 0.3) is 0 Å². The van der Waals surface area contributed by atoms with Crippen LogP contribution in [0.2, 0.25) is 0 Å². The lowest BCUT2D eigenvalue weighted by Gasteiger charge is -2.16.